The highest BCUT2D eigenvalue weighted by atomic mass is 19.1. The smallest absolute Gasteiger partial charge is 0.125 e. The molecule has 2 aliphatic heterocycles. The molecule has 146 valence electrons. The van der Waals surface area contributed by atoms with Crippen LogP contribution in [0, 0.1) is 11.7 Å². The molecule has 0 aliphatic carbocycles. The van der Waals surface area contributed by atoms with E-state index in [2.05, 4.69) is 21.5 Å². The monoisotopic (exact) mass is 374 g/mol. The summed E-state index contributed by atoms with van der Waals surface area (Å²) in [4.78, 5) is 2.40. The van der Waals surface area contributed by atoms with Crippen molar-refractivity contribution in [1.29, 1.82) is 0 Å². The van der Waals surface area contributed by atoms with Crippen molar-refractivity contribution in [3.8, 4) is 0 Å². The highest BCUT2D eigenvalue weighted by Crippen LogP contribution is 2.33. The van der Waals surface area contributed by atoms with Crippen molar-refractivity contribution in [3.05, 3.63) is 48.0 Å². The Morgan fingerprint density at radius 1 is 1.41 bits per heavy atom. The van der Waals surface area contributed by atoms with E-state index in [0.717, 1.165) is 44.9 Å². The molecule has 27 heavy (non-hydrogen) atoms. The predicted octanol–water partition coefficient (Wildman–Crippen LogP) is 2.28. The standard InChI is InChI=1S/C20H27FN4O2/c1-24-11-17(10-23-24)12-25-5-6-26-15-20(14-25)8-16(13-27-20)9-22-19-4-2-3-18(21)7-19/h2-4,7,10-11,16,22H,5-6,8-9,12-15H2,1H3/t16-,20-/m0/s1. The predicted molar refractivity (Wildman–Crippen MR) is 101 cm³/mol. The van der Waals surface area contributed by atoms with E-state index in [9.17, 15) is 4.39 Å². The molecule has 2 atom stereocenters. The number of rotatable bonds is 5. The third-order valence-electron chi connectivity index (χ3n) is 5.30. The Labute approximate surface area is 159 Å². The van der Waals surface area contributed by atoms with Gasteiger partial charge in [0.2, 0.25) is 0 Å². The van der Waals surface area contributed by atoms with Gasteiger partial charge in [-0.25, -0.2) is 4.39 Å². The minimum Gasteiger partial charge on any atom is -0.385 e. The normalized spacial score (nSPS) is 26.4. The summed E-state index contributed by atoms with van der Waals surface area (Å²) in [5.41, 5.74) is 1.76. The lowest BCUT2D eigenvalue weighted by atomic mass is 9.94. The fraction of sp³-hybridized carbons (Fsp3) is 0.550. The van der Waals surface area contributed by atoms with Crippen LogP contribution in [0.3, 0.4) is 0 Å². The summed E-state index contributed by atoms with van der Waals surface area (Å²) >= 11 is 0. The average Bonchev–Trinajstić information content (AvgIpc) is 3.17. The lowest BCUT2D eigenvalue weighted by molar-refractivity contribution is -0.0562. The Bertz CT molecular complexity index is 768. The summed E-state index contributed by atoms with van der Waals surface area (Å²) < 4.78 is 27.3. The van der Waals surface area contributed by atoms with Gasteiger partial charge in [-0.15, -0.1) is 0 Å². The number of hydrogen-bond donors (Lipinski definition) is 1. The van der Waals surface area contributed by atoms with Crippen molar-refractivity contribution in [2.75, 3.05) is 44.8 Å². The Balaban J connectivity index is 1.34. The number of nitrogens with one attached hydrogen (secondary N) is 1. The second kappa shape index (κ2) is 7.96. The van der Waals surface area contributed by atoms with Gasteiger partial charge in [0.05, 0.1) is 26.0 Å². The van der Waals surface area contributed by atoms with Gasteiger partial charge in [-0.2, -0.15) is 5.10 Å². The van der Waals surface area contributed by atoms with Crippen LogP contribution >= 0.6 is 0 Å². The minimum atomic E-state index is -0.257. The zero-order valence-electron chi connectivity index (χ0n) is 15.7. The minimum absolute atomic E-state index is 0.220. The van der Waals surface area contributed by atoms with E-state index in [4.69, 9.17) is 9.47 Å². The fourth-order valence-corrected chi connectivity index (χ4v) is 4.07. The van der Waals surface area contributed by atoms with Crippen LogP contribution in [0.2, 0.25) is 0 Å². The van der Waals surface area contributed by atoms with Gasteiger partial charge in [-0.1, -0.05) is 6.07 Å². The lowest BCUT2D eigenvalue weighted by Crippen LogP contribution is -2.43. The second-order valence-corrected chi connectivity index (χ2v) is 7.74. The van der Waals surface area contributed by atoms with Crippen LogP contribution in [0.25, 0.3) is 0 Å². The number of halogens is 1. The van der Waals surface area contributed by atoms with Gasteiger partial charge in [-0.05, 0) is 24.6 Å². The van der Waals surface area contributed by atoms with Gasteiger partial charge >= 0.3 is 0 Å². The van der Waals surface area contributed by atoms with E-state index in [1.165, 1.54) is 17.7 Å². The molecule has 3 heterocycles. The van der Waals surface area contributed by atoms with Crippen molar-refractivity contribution >= 4 is 5.69 Å². The fourth-order valence-electron chi connectivity index (χ4n) is 4.07. The Hall–Kier alpha value is -1.96. The largest absolute Gasteiger partial charge is 0.385 e. The van der Waals surface area contributed by atoms with Crippen LogP contribution in [0.15, 0.2) is 36.7 Å². The van der Waals surface area contributed by atoms with Crippen LogP contribution < -0.4 is 5.32 Å². The molecule has 1 N–H and O–H groups in total. The van der Waals surface area contributed by atoms with Crippen LogP contribution in [-0.4, -0.2) is 59.7 Å². The first-order valence-electron chi connectivity index (χ1n) is 9.51. The van der Waals surface area contributed by atoms with Gasteiger partial charge in [0.15, 0.2) is 0 Å². The maximum atomic E-state index is 13.3. The number of aryl methyl sites for hydroxylation is 1. The SMILES string of the molecule is Cn1cc(CN2CCOC[C@]3(C[C@@H](CNc4cccc(F)c4)CO3)C2)cn1. The number of benzene rings is 1. The summed E-state index contributed by atoms with van der Waals surface area (Å²) in [5, 5.41) is 7.59. The van der Waals surface area contributed by atoms with Gasteiger partial charge in [0.25, 0.3) is 0 Å². The highest BCUT2D eigenvalue weighted by Gasteiger charge is 2.43. The summed E-state index contributed by atoms with van der Waals surface area (Å²) in [6.07, 6.45) is 4.91. The molecular formula is C20H27FN4O2. The molecule has 1 aromatic heterocycles. The summed E-state index contributed by atoms with van der Waals surface area (Å²) in [6, 6.07) is 6.59. The molecule has 0 bridgehead atoms. The zero-order valence-corrected chi connectivity index (χ0v) is 15.7. The molecule has 2 aromatic rings. The van der Waals surface area contributed by atoms with Crippen LogP contribution in [-0.2, 0) is 23.1 Å². The molecule has 2 aliphatic rings. The molecule has 0 radical (unpaired) electrons. The van der Waals surface area contributed by atoms with Gasteiger partial charge < -0.3 is 14.8 Å². The topological polar surface area (TPSA) is 51.5 Å². The highest BCUT2D eigenvalue weighted by molar-refractivity contribution is 5.43. The molecule has 2 fully saturated rings. The first kappa shape index (κ1) is 18.4. The summed E-state index contributed by atoms with van der Waals surface area (Å²) in [6.45, 7) is 5.43. The molecule has 7 heteroatoms. The van der Waals surface area contributed by atoms with E-state index in [1.807, 2.05) is 24.0 Å². The van der Waals surface area contributed by atoms with Gasteiger partial charge in [0.1, 0.15) is 11.4 Å². The molecule has 0 saturated carbocycles. The Morgan fingerprint density at radius 2 is 2.33 bits per heavy atom. The molecule has 1 aromatic carbocycles. The zero-order chi connectivity index (χ0) is 18.7. The molecule has 0 amide bonds. The number of aromatic nitrogens is 2. The lowest BCUT2D eigenvalue weighted by Gasteiger charge is -2.31. The van der Waals surface area contributed by atoms with E-state index < -0.39 is 0 Å². The number of hydrogen-bond acceptors (Lipinski definition) is 5. The maximum absolute atomic E-state index is 13.3. The van der Waals surface area contributed by atoms with Crippen molar-refractivity contribution in [3.63, 3.8) is 0 Å². The molecule has 1 spiro atoms. The van der Waals surface area contributed by atoms with Crippen molar-refractivity contribution in [2.45, 2.75) is 18.6 Å². The third kappa shape index (κ3) is 4.66. The van der Waals surface area contributed by atoms with Gasteiger partial charge in [0, 0.05) is 56.6 Å². The van der Waals surface area contributed by atoms with Crippen LogP contribution in [0.1, 0.15) is 12.0 Å². The second-order valence-electron chi connectivity index (χ2n) is 7.74. The Morgan fingerprint density at radius 3 is 3.15 bits per heavy atom. The summed E-state index contributed by atoms with van der Waals surface area (Å²) in [7, 11) is 1.94. The van der Waals surface area contributed by atoms with E-state index in [-0.39, 0.29) is 11.4 Å². The molecule has 2 saturated heterocycles. The molecule has 6 nitrogen and oxygen atoms in total. The quantitative estimate of drug-likeness (QED) is 0.870. The first-order valence-corrected chi connectivity index (χ1v) is 9.51. The average molecular weight is 374 g/mol. The van der Waals surface area contributed by atoms with Gasteiger partial charge in [-0.3, -0.25) is 9.58 Å². The van der Waals surface area contributed by atoms with E-state index in [1.54, 1.807) is 6.07 Å². The van der Waals surface area contributed by atoms with Crippen LogP contribution in [0.5, 0.6) is 0 Å². The van der Waals surface area contributed by atoms with E-state index >= 15 is 0 Å². The third-order valence-corrected chi connectivity index (χ3v) is 5.30. The molecular weight excluding hydrogens is 347 g/mol. The van der Waals surface area contributed by atoms with Crippen LogP contribution in [0.4, 0.5) is 10.1 Å². The summed E-state index contributed by atoms with van der Waals surface area (Å²) in [5.74, 6) is 0.164. The van der Waals surface area contributed by atoms with E-state index in [0.29, 0.717) is 19.1 Å². The number of nitrogens with zero attached hydrogens (tertiary/aromatic N) is 3. The van der Waals surface area contributed by atoms with Crippen molar-refractivity contribution < 1.29 is 13.9 Å². The Kier molecular flexibility index (Phi) is 5.43. The maximum Gasteiger partial charge on any atom is 0.125 e. The number of anilines is 1. The van der Waals surface area contributed by atoms with Crippen molar-refractivity contribution in [2.24, 2.45) is 13.0 Å². The number of ether oxygens (including phenoxy) is 2. The van der Waals surface area contributed by atoms with Crippen molar-refractivity contribution in [1.82, 2.24) is 14.7 Å². The first-order chi connectivity index (χ1) is 13.1. The molecule has 0 unspecified atom stereocenters. The molecule has 4 rings (SSSR count).